The summed E-state index contributed by atoms with van der Waals surface area (Å²) in [5.74, 6) is 0. The molecule has 66 valence electrons. The average molecular weight is 192 g/mol. The summed E-state index contributed by atoms with van der Waals surface area (Å²) in [7, 11) is 0. The van der Waals surface area contributed by atoms with Gasteiger partial charge in [0.25, 0.3) is 0 Å². The Kier molecular flexibility index (Phi) is 3.11. The Bertz CT molecular complexity index is 382. The van der Waals surface area contributed by atoms with Crippen LogP contribution in [0.3, 0.4) is 0 Å². The molecule has 1 aromatic rings. The van der Waals surface area contributed by atoms with Crippen LogP contribution in [0.2, 0.25) is 5.02 Å². The molecule has 0 saturated carbocycles. The summed E-state index contributed by atoms with van der Waals surface area (Å²) in [5.41, 5.74) is 2.76. The second-order valence-corrected chi connectivity index (χ2v) is 3.48. The van der Waals surface area contributed by atoms with E-state index in [9.17, 15) is 0 Å². The molecule has 0 N–H and O–H groups in total. The van der Waals surface area contributed by atoms with Crippen LogP contribution >= 0.6 is 11.6 Å². The molecule has 2 heteroatoms. The van der Waals surface area contributed by atoms with Gasteiger partial charge >= 0.3 is 0 Å². The Morgan fingerprint density at radius 3 is 2.62 bits per heavy atom. The van der Waals surface area contributed by atoms with Crippen LogP contribution in [0, 0.1) is 11.3 Å². The molecule has 0 radical (unpaired) electrons. The van der Waals surface area contributed by atoms with Crippen molar-refractivity contribution in [3.63, 3.8) is 0 Å². The first-order valence-corrected chi connectivity index (χ1v) is 4.36. The molecule has 0 heterocycles. The van der Waals surface area contributed by atoms with E-state index in [4.69, 9.17) is 16.9 Å². The lowest BCUT2D eigenvalue weighted by Crippen LogP contribution is -1.79. The van der Waals surface area contributed by atoms with Crippen LogP contribution in [-0.4, -0.2) is 0 Å². The fourth-order valence-corrected chi connectivity index (χ4v) is 1.28. The van der Waals surface area contributed by atoms with Crippen molar-refractivity contribution in [3.05, 3.63) is 39.9 Å². The van der Waals surface area contributed by atoms with Crippen LogP contribution in [0.15, 0.2) is 23.8 Å². The quantitative estimate of drug-likeness (QED) is 0.665. The Labute approximate surface area is 83.3 Å². The van der Waals surface area contributed by atoms with Crippen LogP contribution in [0.4, 0.5) is 0 Å². The molecule has 0 spiro atoms. The minimum atomic E-state index is 0.512. The predicted molar refractivity (Wildman–Crippen MR) is 55.5 cm³/mol. The lowest BCUT2D eigenvalue weighted by molar-refractivity contribution is 1.42. The molecular formula is C11H10ClN. The number of rotatable bonds is 1. The highest BCUT2D eigenvalue weighted by atomic mass is 35.5. The Balaban J connectivity index is 3.12. The van der Waals surface area contributed by atoms with E-state index in [1.807, 2.05) is 32.1 Å². The van der Waals surface area contributed by atoms with Crippen LogP contribution < -0.4 is 0 Å². The topological polar surface area (TPSA) is 23.8 Å². The van der Waals surface area contributed by atoms with E-state index < -0.39 is 0 Å². The van der Waals surface area contributed by atoms with Crippen molar-refractivity contribution >= 4 is 17.7 Å². The Morgan fingerprint density at radius 2 is 2.15 bits per heavy atom. The zero-order valence-corrected chi connectivity index (χ0v) is 8.39. The van der Waals surface area contributed by atoms with E-state index in [2.05, 4.69) is 0 Å². The van der Waals surface area contributed by atoms with Crippen molar-refractivity contribution in [2.75, 3.05) is 0 Å². The third-order valence-electron chi connectivity index (χ3n) is 1.57. The fraction of sp³-hybridized carbons (Fsp3) is 0.182. The Hall–Kier alpha value is -1.26. The molecule has 0 aliphatic rings. The summed E-state index contributed by atoms with van der Waals surface area (Å²) >= 11 is 5.86. The van der Waals surface area contributed by atoms with E-state index >= 15 is 0 Å². The molecule has 0 bridgehead atoms. The SMILES string of the molecule is CC(C)=Cc1ccc(C#N)c(Cl)c1. The van der Waals surface area contributed by atoms with Crippen molar-refractivity contribution < 1.29 is 0 Å². The lowest BCUT2D eigenvalue weighted by atomic mass is 10.1. The zero-order chi connectivity index (χ0) is 9.84. The summed E-state index contributed by atoms with van der Waals surface area (Å²) < 4.78 is 0. The van der Waals surface area contributed by atoms with E-state index in [1.165, 1.54) is 5.57 Å². The van der Waals surface area contributed by atoms with Gasteiger partial charge in [0.05, 0.1) is 10.6 Å². The summed E-state index contributed by atoms with van der Waals surface area (Å²) in [6.45, 7) is 4.04. The van der Waals surface area contributed by atoms with Gasteiger partial charge in [-0.05, 0) is 31.5 Å². The van der Waals surface area contributed by atoms with Gasteiger partial charge in [0, 0.05) is 0 Å². The predicted octanol–water partition coefficient (Wildman–Crippen LogP) is 3.63. The maximum Gasteiger partial charge on any atom is 0.101 e. The summed E-state index contributed by atoms with van der Waals surface area (Å²) in [6.07, 6.45) is 2.02. The smallest absolute Gasteiger partial charge is 0.101 e. The second kappa shape index (κ2) is 4.11. The van der Waals surface area contributed by atoms with E-state index in [0.29, 0.717) is 10.6 Å². The first-order valence-electron chi connectivity index (χ1n) is 3.98. The molecule has 0 aliphatic carbocycles. The van der Waals surface area contributed by atoms with Crippen molar-refractivity contribution in [2.24, 2.45) is 0 Å². The van der Waals surface area contributed by atoms with Crippen molar-refractivity contribution in [1.29, 1.82) is 5.26 Å². The highest BCUT2D eigenvalue weighted by Crippen LogP contribution is 2.18. The molecule has 0 amide bonds. The first kappa shape index (κ1) is 9.83. The Morgan fingerprint density at radius 1 is 1.46 bits per heavy atom. The van der Waals surface area contributed by atoms with E-state index in [-0.39, 0.29) is 0 Å². The largest absolute Gasteiger partial charge is 0.192 e. The number of nitrogens with zero attached hydrogens (tertiary/aromatic N) is 1. The molecule has 1 aromatic carbocycles. The number of halogens is 1. The maximum atomic E-state index is 8.64. The van der Waals surface area contributed by atoms with Gasteiger partial charge in [-0.3, -0.25) is 0 Å². The van der Waals surface area contributed by atoms with Crippen LogP contribution in [0.25, 0.3) is 6.08 Å². The van der Waals surface area contributed by atoms with Gasteiger partial charge in [-0.1, -0.05) is 29.3 Å². The number of hydrogen-bond donors (Lipinski definition) is 0. The van der Waals surface area contributed by atoms with E-state index in [1.54, 1.807) is 12.1 Å². The number of hydrogen-bond acceptors (Lipinski definition) is 1. The van der Waals surface area contributed by atoms with Gasteiger partial charge in [-0.15, -0.1) is 0 Å². The summed E-state index contributed by atoms with van der Waals surface area (Å²) in [6, 6.07) is 7.44. The van der Waals surface area contributed by atoms with Crippen molar-refractivity contribution in [2.45, 2.75) is 13.8 Å². The van der Waals surface area contributed by atoms with Gasteiger partial charge < -0.3 is 0 Å². The minimum absolute atomic E-state index is 0.512. The minimum Gasteiger partial charge on any atom is -0.192 e. The first-order chi connectivity index (χ1) is 6.13. The lowest BCUT2D eigenvalue weighted by Gasteiger charge is -1.97. The molecule has 0 unspecified atom stereocenters. The molecule has 1 nitrogen and oxygen atoms in total. The fourth-order valence-electron chi connectivity index (χ4n) is 1.05. The summed E-state index contributed by atoms with van der Waals surface area (Å²) in [5, 5.41) is 9.15. The normalized spacial score (nSPS) is 9.08. The third kappa shape index (κ3) is 2.61. The van der Waals surface area contributed by atoms with Crippen molar-refractivity contribution in [3.8, 4) is 6.07 Å². The van der Waals surface area contributed by atoms with Crippen LogP contribution in [0.1, 0.15) is 25.0 Å². The second-order valence-electron chi connectivity index (χ2n) is 3.07. The van der Waals surface area contributed by atoms with Gasteiger partial charge in [0.1, 0.15) is 6.07 Å². The van der Waals surface area contributed by atoms with E-state index in [0.717, 1.165) is 5.56 Å². The average Bonchev–Trinajstić information content (AvgIpc) is 2.03. The number of benzene rings is 1. The summed E-state index contributed by atoms with van der Waals surface area (Å²) in [4.78, 5) is 0. The molecule has 0 aromatic heterocycles. The standard InChI is InChI=1S/C11H10ClN/c1-8(2)5-9-3-4-10(7-13)11(12)6-9/h3-6H,1-2H3. The number of allylic oxidation sites excluding steroid dienone is 1. The monoisotopic (exact) mass is 191 g/mol. The zero-order valence-electron chi connectivity index (χ0n) is 7.63. The van der Waals surface area contributed by atoms with Gasteiger partial charge in [0.2, 0.25) is 0 Å². The molecule has 0 fully saturated rings. The van der Waals surface area contributed by atoms with Crippen LogP contribution in [0.5, 0.6) is 0 Å². The highest BCUT2D eigenvalue weighted by Gasteiger charge is 1.98. The maximum absolute atomic E-state index is 8.64. The molecule has 1 rings (SSSR count). The molecule has 13 heavy (non-hydrogen) atoms. The van der Waals surface area contributed by atoms with Gasteiger partial charge in [-0.25, -0.2) is 0 Å². The third-order valence-corrected chi connectivity index (χ3v) is 1.88. The molecule has 0 atom stereocenters. The molecule has 0 aliphatic heterocycles. The number of nitriles is 1. The van der Waals surface area contributed by atoms with Crippen molar-refractivity contribution in [1.82, 2.24) is 0 Å². The molecule has 0 saturated heterocycles. The van der Waals surface area contributed by atoms with Crippen LogP contribution in [-0.2, 0) is 0 Å². The molecular weight excluding hydrogens is 182 g/mol. The van der Waals surface area contributed by atoms with Gasteiger partial charge in [-0.2, -0.15) is 5.26 Å². The highest BCUT2D eigenvalue weighted by molar-refractivity contribution is 6.31. The van der Waals surface area contributed by atoms with Gasteiger partial charge in [0.15, 0.2) is 0 Å².